The van der Waals surface area contributed by atoms with Crippen LogP contribution in [-0.2, 0) is 21.8 Å². The molecule has 0 aromatic carbocycles. The number of amides is 1. The second kappa shape index (κ2) is 9.31. The molecule has 4 N–H and O–H groups in total. The van der Waals surface area contributed by atoms with Crippen LogP contribution in [0.15, 0.2) is 22.1 Å². The standard InChI is InChI=1S/C19H26ClN7O5S/c1-26-10-15(33(21,30)31)17(25-26)11-3-2-4-12(7-11)23-19(29)32-13-5-6-27(9-13)14-8-22-24-18(28)16(14)20/h8,10-13H,2-7,9H2,1H3,(H,23,29)(H,24,28)(H2,21,30,31)/t11?,12-,13-/m1/s1. The number of sulfonamides is 1. The van der Waals surface area contributed by atoms with E-state index in [2.05, 4.69) is 20.6 Å². The van der Waals surface area contributed by atoms with E-state index in [4.69, 9.17) is 21.5 Å². The highest BCUT2D eigenvalue weighted by molar-refractivity contribution is 7.89. The molecule has 1 unspecified atom stereocenters. The van der Waals surface area contributed by atoms with E-state index in [1.165, 1.54) is 17.1 Å². The van der Waals surface area contributed by atoms with E-state index < -0.39 is 21.7 Å². The van der Waals surface area contributed by atoms with Gasteiger partial charge in [0, 0.05) is 38.2 Å². The number of nitrogens with one attached hydrogen (secondary N) is 2. The van der Waals surface area contributed by atoms with Crippen molar-refractivity contribution in [3.05, 3.63) is 33.5 Å². The highest BCUT2D eigenvalue weighted by Gasteiger charge is 2.32. The van der Waals surface area contributed by atoms with Crippen LogP contribution in [0.5, 0.6) is 0 Å². The quantitative estimate of drug-likeness (QED) is 0.544. The van der Waals surface area contributed by atoms with Crippen molar-refractivity contribution in [2.24, 2.45) is 12.2 Å². The number of alkyl carbamates (subject to hydrolysis) is 1. The summed E-state index contributed by atoms with van der Waals surface area (Å²) in [6.07, 6.45) is 5.45. The first-order valence-electron chi connectivity index (χ1n) is 10.6. The Balaban J connectivity index is 1.34. The van der Waals surface area contributed by atoms with Crippen molar-refractivity contribution in [1.82, 2.24) is 25.3 Å². The van der Waals surface area contributed by atoms with Gasteiger partial charge in [0.25, 0.3) is 5.56 Å². The van der Waals surface area contributed by atoms with Crippen molar-refractivity contribution in [2.45, 2.75) is 55.1 Å². The predicted octanol–water partition coefficient (Wildman–Crippen LogP) is 0.836. The Morgan fingerprint density at radius 2 is 2.15 bits per heavy atom. The minimum absolute atomic E-state index is 0.0252. The predicted molar refractivity (Wildman–Crippen MR) is 120 cm³/mol. The monoisotopic (exact) mass is 499 g/mol. The number of carbonyl (C=O) groups is 1. The number of H-pyrrole nitrogens is 1. The molecule has 180 valence electrons. The second-order valence-electron chi connectivity index (χ2n) is 8.46. The lowest BCUT2D eigenvalue weighted by atomic mass is 9.84. The number of anilines is 1. The first kappa shape index (κ1) is 23.5. The fourth-order valence-corrected chi connectivity index (χ4v) is 5.55. The number of ether oxygens (including phenoxy) is 1. The molecule has 33 heavy (non-hydrogen) atoms. The Morgan fingerprint density at radius 1 is 1.36 bits per heavy atom. The molecule has 14 heteroatoms. The average molecular weight is 500 g/mol. The fourth-order valence-electron chi connectivity index (χ4n) is 4.55. The first-order chi connectivity index (χ1) is 15.6. The van der Waals surface area contributed by atoms with Crippen molar-refractivity contribution >= 4 is 33.4 Å². The van der Waals surface area contributed by atoms with Gasteiger partial charge in [-0.25, -0.2) is 23.4 Å². The fraction of sp³-hybridized carbons (Fsp3) is 0.579. The summed E-state index contributed by atoms with van der Waals surface area (Å²) in [6.45, 7) is 0.974. The van der Waals surface area contributed by atoms with Gasteiger partial charge < -0.3 is 15.0 Å². The summed E-state index contributed by atoms with van der Waals surface area (Å²) in [4.78, 5) is 26.1. The topological polar surface area (TPSA) is 165 Å². The van der Waals surface area contributed by atoms with Crippen molar-refractivity contribution in [3.8, 4) is 0 Å². The minimum atomic E-state index is -3.89. The Bertz CT molecular complexity index is 1200. The molecule has 2 aromatic rings. The van der Waals surface area contributed by atoms with E-state index >= 15 is 0 Å². The third-order valence-corrected chi connectivity index (χ3v) is 7.34. The summed E-state index contributed by atoms with van der Waals surface area (Å²) in [6, 6.07) is -0.171. The van der Waals surface area contributed by atoms with Gasteiger partial charge in [0.05, 0.1) is 24.1 Å². The molecular formula is C19H26ClN7O5S. The molecule has 1 aliphatic heterocycles. The highest BCUT2D eigenvalue weighted by Crippen LogP contribution is 2.35. The average Bonchev–Trinajstić information content (AvgIpc) is 3.36. The van der Waals surface area contributed by atoms with Crippen LogP contribution in [0, 0.1) is 0 Å². The van der Waals surface area contributed by atoms with Crippen LogP contribution in [0.1, 0.15) is 43.7 Å². The smallest absolute Gasteiger partial charge is 0.407 e. The van der Waals surface area contributed by atoms with Gasteiger partial charge in [0.15, 0.2) is 0 Å². The number of rotatable bonds is 5. The van der Waals surface area contributed by atoms with Crippen molar-refractivity contribution in [1.29, 1.82) is 0 Å². The van der Waals surface area contributed by atoms with E-state index in [1.807, 2.05) is 4.90 Å². The van der Waals surface area contributed by atoms with Gasteiger partial charge in [-0.2, -0.15) is 10.2 Å². The summed E-state index contributed by atoms with van der Waals surface area (Å²) < 4.78 is 30.9. The molecule has 1 saturated heterocycles. The molecule has 1 aliphatic carbocycles. The first-order valence-corrected chi connectivity index (χ1v) is 12.6. The van der Waals surface area contributed by atoms with Gasteiger partial charge in [-0.1, -0.05) is 18.0 Å². The van der Waals surface area contributed by atoms with Gasteiger partial charge in [-0.15, -0.1) is 0 Å². The van der Waals surface area contributed by atoms with Gasteiger partial charge in [-0.05, 0) is 19.3 Å². The zero-order valence-corrected chi connectivity index (χ0v) is 19.6. The molecule has 0 spiro atoms. The third kappa shape index (κ3) is 5.31. The molecule has 3 atom stereocenters. The van der Waals surface area contributed by atoms with E-state index in [0.717, 1.165) is 19.3 Å². The third-order valence-electron chi connectivity index (χ3n) is 6.05. The zero-order chi connectivity index (χ0) is 23.8. The molecule has 0 radical (unpaired) electrons. The number of aromatic amines is 1. The summed E-state index contributed by atoms with van der Waals surface area (Å²) in [5.74, 6) is -0.133. The molecule has 3 heterocycles. The number of carbonyl (C=O) groups excluding carboxylic acids is 1. The maximum Gasteiger partial charge on any atom is 0.407 e. The molecule has 1 saturated carbocycles. The highest BCUT2D eigenvalue weighted by atomic mass is 35.5. The number of primary sulfonamides is 1. The summed E-state index contributed by atoms with van der Waals surface area (Å²) in [5, 5.41) is 18.7. The lowest BCUT2D eigenvalue weighted by molar-refractivity contribution is 0.102. The van der Waals surface area contributed by atoms with Crippen LogP contribution in [0.2, 0.25) is 5.02 Å². The van der Waals surface area contributed by atoms with Crippen LogP contribution in [-0.4, -0.2) is 59.7 Å². The van der Waals surface area contributed by atoms with Crippen LogP contribution in [0.4, 0.5) is 10.5 Å². The number of aryl methyl sites for hydroxylation is 1. The van der Waals surface area contributed by atoms with Crippen LogP contribution < -0.4 is 20.9 Å². The summed E-state index contributed by atoms with van der Waals surface area (Å²) in [7, 11) is -2.24. The van der Waals surface area contributed by atoms with Crippen LogP contribution in [0.25, 0.3) is 0 Å². The van der Waals surface area contributed by atoms with Crippen LogP contribution >= 0.6 is 11.6 Å². The molecule has 2 aliphatic rings. The number of hydrogen-bond acceptors (Lipinski definition) is 8. The molecule has 12 nitrogen and oxygen atoms in total. The lowest BCUT2D eigenvalue weighted by Gasteiger charge is -2.29. The maximum atomic E-state index is 12.5. The number of nitrogens with zero attached hydrogens (tertiary/aromatic N) is 4. The lowest BCUT2D eigenvalue weighted by Crippen LogP contribution is -2.40. The summed E-state index contributed by atoms with van der Waals surface area (Å²) in [5.41, 5.74) is 0.472. The number of halogens is 1. The SMILES string of the molecule is Cn1cc(S(N)(=O)=O)c(C2CCC[C@@H](NC(=O)O[C@@H]3CCN(c4cn[nH]c(=O)c4Cl)C3)C2)n1. The van der Waals surface area contributed by atoms with Gasteiger partial charge >= 0.3 is 6.09 Å². The van der Waals surface area contributed by atoms with Gasteiger partial charge in [-0.3, -0.25) is 9.48 Å². The molecule has 2 aromatic heterocycles. The number of aromatic nitrogens is 4. The van der Waals surface area contributed by atoms with Gasteiger partial charge in [0.1, 0.15) is 16.0 Å². The Kier molecular flexibility index (Phi) is 6.64. The molecule has 2 fully saturated rings. The number of nitrogens with two attached hydrogens (primary N) is 1. The molecule has 1 amide bonds. The normalized spacial score (nSPS) is 23.5. The van der Waals surface area contributed by atoms with E-state index in [-0.39, 0.29) is 28.0 Å². The molecular weight excluding hydrogens is 474 g/mol. The van der Waals surface area contributed by atoms with Crippen molar-refractivity contribution in [3.63, 3.8) is 0 Å². The zero-order valence-electron chi connectivity index (χ0n) is 18.0. The van der Waals surface area contributed by atoms with Crippen molar-refractivity contribution in [2.75, 3.05) is 18.0 Å². The molecule has 0 bridgehead atoms. The molecule has 4 rings (SSSR count). The Morgan fingerprint density at radius 3 is 2.91 bits per heavy atom. The second-order valence-corrected chi connectivity index (χ2v) is 10.4. The minimum Gasteiger partial charge on any atom is -0.444 e. The Labute approximate surface area is 195 Å². The van der Waals surface area contributed by atoms with E-state index in [9.17, 15) is 18.0 Å². The van der Waals surface area contributed by atoms with E-state index in [1.54, 1.807) is 7.05 Å². The van der Waals surface area contributed by atoms with Crippen molar-refractivity contribution < 1.29 is 17.9 Å². The van der Waals surface area contributed by atoms with E-state index in [0.29, 0.717) is 37.3 Å². The van der Waals surface area contributed by atoms with Gasteiger partial charge in [0.2, 0.25) is 10.0 Å². The maximum absolute atomic E-state index is 12.5. The Hall–Kier alpha value is -2.64. The summed E-state index contributed by atoms with van der Waals surface area (Å²) >= 11 is 6.06. The van der Waals surface area contributed by atoms with Crippen LogP contribution in [0.3, 0.4) is 0 Å². The largest absolute Gasteiger partial charge is 0.444 e. The number of hydrogen-bond donors (Lipinski definition) is 3.